The highest BCUT2D eigenvalue weighted by Crippen LogP contribution is 2.40. The van der Waals surface area contributed by atoms with Crippen molar-refractivity contribution < 1.29 is 36.7 Å². The smallest absolute Gasteiger partial charge is 0.379 e. The quantitative estimate of drug-likeness (QED) is 0.113. The normalized spacial score (nSPS) is 16.8. The van der Waals surface area contributed by atoms with Crippen LogP contribution >= 0.6 is 12.2 Å². The number of ether oxygens (including phenoxy) is 1. The van der Waals surface area contributed by atoms with Crippen LogP contribution in [-0.2, 0) is 44.6 Å². The zero-order valence-corrected chi connectivity index (χ0v) is 32.5. The van der Waals surface area contributed by atoms with Crippen molar-refractivity contribution in [3.63, 3.8) is 0 Å². The number of unbranched alkanes of at least 4 members (excludes halogenated alkanes) is 2. The van der Waals surface area contributed by atoms with Crippen LogP contribution in [0.4, 0.5) is 17.6 Å². The number of morpholine rings is 1. The molecule has 1 aromatic heterocycles. The summed E-state index contributed by atoms with van der Waals surface area (Å²) in [5.74, 6) is -2.41. The number of alkyl halides is 3. The summed E-state index contributed by atoms with van der Waals surface area (Å²) in [6, 6.07) is 9.60. The van der Waals surface area contributed by atoms with E-state index >= 15 is 0 Å². The molecule has 10 nitrogen and oxygen atoms in total. The first-order valence-electron chi connectivity index (χ1n) is 18.6. The van der Waals surface area contributed by atoms with Crippen molar-refractivity contribution in [3.05, 3.63) is 70.7 Å². The summed E-state index contributed by atoms with van der Waals surface area (Å²) < 4.78 is 60.6. The maximum Gasteiger partial charge on any atom is 0.418 e. The molecule has 2 aliphatic rings. The second-order valence-electron chi connectivity index (χ2n) is 13.3. The lowest BCUT2D eigenvalue weighted by Crippen LogP contribution is -2.63. The van der Waals surface area contributed by atoms with Gasteiger partial charge in [0.2, 0.25) is 17.7 Å². The zero-order valence-electron chi connectivity index (χ0n) is 31.6. The Hall–Kier alpha value is -4.08. The van der Waals surface area contributed by atoms with Crippen molar-refractivity contribution in [1.82, 2.24) is 31.2 Å². The van der Waals surface area contributed by atoms with Gasteiger partial charge in [-0.2, -0.15) is 13.2 Å². The molecule has 298 valence electrons. The number of carbonyl (C=O) groups is 3. The average molecular weight is 779 g/mol. The van der Waals surface area contributed by atoms with Gasteiger partial charge in [0, 0.05) is 30.6 Å². The largest absolute Gasteiger partial charge is 0.418 e. The molecule has 1 saturated heterocycles. The van der Waals surface area contributed by atoms with E-state index in [1.165, 1.54) is 49.9 Å². The molecule has 1 atom stereocenters. The van der Waals surface area contributed by atoms with Gasteiger partial charge in [-0.05, 0) is 36.1 Å². The van der Waals surface area contributed by atoms with Crippen molar-refractivity contribution in [2.75, 3.05) is 46.1 Å². The van der Waals surface area contributed by atoms with Crippen LogP contribution in [0.25, 0.3) is 10.9 Å². The van der Waals surface area contributed by atoms with E-state index in [0.717, 1.165) is 19.2 Å². The molecule has 15 heteroatoms. The summed E-state index contributed by atoms with van der Waals surface area (Å²) in [6.45, 7) is 11.3. The number of halogens is 4. The van der Waals surface area contributed by atoms with Gasteiger partial charge in [0.05, 0.1) is 55.5 Å². The molecule has 5 rings (SSSR count). The molecule has 0 saturated carbocycles. The molecular weight excluding hydrogens is 725 g/mol. The molecule has 1 fully saturated rings. The van der Waals surface area contributed by atoms with Crippen molar-refractivity contribution in [2.24, 2.45) is 0 Å². The van der Waals surface area contributed by atoms with Crippen LogP contribution in [0.1, 0.15) is 82.2 Å². The van der Waals surface area contributed by atoms with Crippen LogP contribution in [0.2, 0.25) is 0 Å². The highest BCUT2D eigenvalue weighted by Gasteiger charge is 2.44. The molecule has 0 spiro atoms. The maximum atomic E-state index is 14.0. The van der Waals surface area contributed by atoms with Gasteiger partial charge in [-0.3, -0.25) is 19.3 Å². The number of amides is 3. The molecule has 1 aliphatic heterocycles. The van der Waals surface area contributed by atoms with E-state index in [9.17, 15) is 31.9 Å². The molecule has 54 heavy (non-hydrogen) atoms. The fraction of sp³-hybridized carbons (Fsp3) is 0.538. The Bertz CT molecular complexity index is 1690. The Balaban J connectivity index is 0.000000892. The summed E-state index contributed by atoms with van der Waals surface area (Å²) in [7, 11) is 0. The summed E-state index contributed by atoms with van der Waals surface area (Å²) in [5, 5.41) is 11.4. The zero-order chi connectivity index (χ0) is 39.7. The summed E-state index contributed by atoms with van der Waals surface area (Å²) in [5.41, 5.74) is -1.27. The number of hydrogen-bond acceptors (Lipinski definition) is 6. The highest BCUT2D eigenvalue weighted by atomic mass is 32.1. The Morgan fingerprint density at radius 2 is 1.56 bits per heavy atom. The number of aromatic amines is 1. The van der Waals surface area contributed by atoms with Gasteiger partial charge in [0.25, 0.3) is 0 Å². The van der Waals surface area contributed by atoms with Gasteiger partial charge in [-0.15, -0.1) is 0 Å². The standard InChI is InChI=1S/C31H34F4N6O4S.2C4H10/c32-23-7-2-1-4-19(23)14-25(42)36-16-26(43)40-30(29(44)37-17-27(46)38-18-41-10-12-45-13-11-41)9-8-24-21(15-30)20-5-3-6-22(28(20)39-24)31(33,34)35;2*1-3-4-2/h1-7,39H,8-18H2,(H,36,42)(H,37,44)(H,38,46)(H,40,43);2*3-4H2,1-2H3/t30-;;/m1../s1. The highest BCUT2D eigenvalue weighted by molar-refractivity contribution is 7.80. The van der Waals surface area contributed by atoms with Crippen LogP contribution in [0, 0.1) is 5.82 Å². The van der Waals surface area contributed by atoms with Gasteiger partial charge >= 0.3 is 6.18 Å². The molecule has 0 unspecified atom stereocenters. The Morgan fingerprint density at radius 1 is 0.889 bits per heavy atom. The number of hydrogen-bond donors (Lipinski definition) is 5. The Kier molecular flexibility index (Phi) is 17.8. The first-order valence-corrected chi connectivity index (χ1v) is 19.0. The van der Waals surface area contributed by atoms with Crippen molar-refractivity contribution in [1.29, 1.82) is 0 Å². The number of benzene rings is 2. The minimum Gasteiger partial charge on any atom is -0.379 e. The number of para-hydroxylation sites is 1. The lowest BCUT2D eigenvalue weighted by Gasteiger charge is -2.37. The molecule has 0 bridgehead atoms. The van der Waals surface area contributed by atoms with Crippen LogP contribution in [0.3, 0.4) is 0 Å². The van der Waals surface area contributed by atoms with Crippen molar-refractivity contribution in [3.8, 4) is 0 Å². The predicted octanol–water partition coefficient (Wildman–Crippen LogP) is 5.96. The number of thiocarbonyl (C=S) groups is 1. The van der Waals surface area contributed by atoms with Crippen LogP contribution in [-0.4, -0.2) is 84.2 Å². The molecule has 2 heterocycles. The lowest BCUT2D eigenvalue weighted by molar-refractivity contribution is -0.136. The van der Waals surface area contributed by atoms with Crippen LogP contribution in [0.5, 0.6) is 0 Å². The molecular formula is C39H54F4N6O4S. The van der Waals surface area contributed by atoms with Crippen molar-refractivity contribution >= 4 is 45.8 Å². The van der Waals surface area contributed by atoms with E-state index in [1.807, 2.05) is 0 Å². The number of nitrogens with zero attached hydrogens (tertiary/aromatic N) is 1. The summed E-state index contributed by atoms with van der Waals surface area (Å²) in [6.07, 6.45) is 0.538. The third kappa shape index (κ3) is 13.0. The van der Waals surface area contributed by atoms with Gasteiger partial charge in [0.1, 0.15) is 11.4 Å². The van der Waals surface area contributed by atoms with E-state index in [4.69, 9.17) is 17.0 Å². The van der Waals surface area contributed by atoms with E-state index in [0.29, 0.717) is 41.5 Å². The molecule has 2 aromatic carbocycles. The Morgan fingerprint density at radius 3 is 2.19 bits per heavy atom. The number of fused-ring (bicyclic) bond motifs is 3. The number of H-pyrrole nitrogens is 1. The van der Waals surface area contributed by atoms with Crippen LogP contribution < -0.4 is 21.3 Å². The van der Waals surface area contributed by atoms with Crippen molar-refractivity contribution in [2.45, 2.75) is 90.8 Å². The summed E-state index contributed by atoms with van der Waals surface area (Å²) >= 11 is 5.40. The molecule has 0 radical (unpaired) electrons. The van der Waals surface area contributed by atoms with Gasteiger partial charge in [-0.1, -0.05) is 95.9 Å². The molecule has 1 aliphatic carbocycles. The topological polar surface area (TPSA) is 128 Å². The van der Waals surface area contributed by atoms with E-state index < -0.39 is 47.4 Å². The minimum atomic E-state index is -4.60. The fourth-order valence-corrected chi connectivity index (χ4v) is 5.92. The average Bonchev–Trinajstić information content (AvgIpc) is 3.54. The van der Waals surface area contributed by atoms with E-state index in [-0.39, 0.29) is 43.3 Å². The third-order valence-corrected chi connectivity index (χ3v) is 9.49. The monoisotopic (exact) mass is 778 g/mol. The van der Waals surface area contributed by atoms with Gasteiger partial charge in [0.15, 0.2) is 0 Å². The van der Waals surface area contributed by atoms with E-state index in [2.05, 4.69) is 58.8 Å². The molecule has 3 amide bonds. The maximum absolute atomic E-state index is 14.0. The number of rotatable bonds is 12. The number of carbonyl (C=O) groups excluding carboxylic acids is 3. The fourth-order valence-electron chi connectivity index (χ4n) is 5.78. The number of nitrogens with one attached hydrogen (secondary N) is 5. The second-order valence-corrected chi connectivity index (χ2v) is 13.8. The minimum absolute atomic E-state index is 0.0333. The van der Waals surface area contributed by atoms with E-state index in [1.54, 1.807) is 12.1 Å². The number of aryl methyl sites for hydroxylation is 1. The molecule has 5 N–H and O–H groups in total. The first-order chi connectivity index (χ1) is 25.8. The van der Waals surface area contributed by atoms with Gasteiger partial charge < -0.3 is 31.0 Å². The number of aromatic nitrogens is 1. The van der Waals surface area contributed by atoms with Gasteiger partial charge in [-0.25, -0.2) is 4.39 Å². The third-order valence-electron chi connectivity index (χ3n) is 9.20. The SMILES string of the molecule is CCCC.CCCC.O=C(Cc1ccccc1F)NCC(=O)N[C@]1(C(=O)NCC(=S)NCN2CCOCC2)CCc2[nH]c3c(C(F)(F)F)cccc3c2C1. The second kappa shape index (κ2) is 21.7. The van der Waals surface area contributed by atoms with Crippen LogP contribution in [0.15, 0.2) is 42.5 Å². The Labute approximate surface area is 320 Å². The summed E-state index contributed by atoms with van der Waals surface area (Å²) in [4.78, 5) is 44.8. The molecule has 3 aromatic rings. The first kappa shape index (κ1) is 44.3. The predicted molar refractivity (Wildman–Crippen MR) is 206 cm³/mol. The lowest BCUT2D eigenvalue weighted by atomic mass is 9.78.